The smallest absolute Gasteiger partial charge is 0.219 e. The maximum absolute atomic E-state index is 11.5. The van der Waals surface area contributed by atoms with Gasteiger partial charge in [0, 0.05) is 65.9 Å². The minimum absolute atomic E-state index is 0.181. The van der Waals surface area contributed by atoms with Gasteiger partial charge in [-0.2, -0.15) is 0 Å². The molecule has 8 nitrogen and oxygen atoms in total. The van der Waals surface area contributed by atoms with Crippen molar-refractivity contribution in [1.29, 1.82) is 0 Å². The lowest BCUT2D eigenvalue weighted by Crippen LogP contribution is -2.49. The molecular formula is C22H41N5O3. The van der Waals surface area contributed by atoms with E-state index in [0.717, 1.165) is 97.3 Å². The molecule has 172 valence electrons. The van der Waals surface area contributed by atoms with Gasteiger partial charge < -0.3 is 24.6 Å². The fraction of sp³-hybridized carbons (Fsp3) is 0.909. The zero-order valence-corrected chi connectivity index (χ0v) is 19.0. The van der Waals surface area contributed by atoms with Gasteiger partial charge in [-0.05, 0) is 39.0 Å². The number of piperazine rings is 1. The molecule has 1 N–H and O–H groups in total. The van der Waals surface area contributed by atoms with E-state index >= 15 is 0 Å². The Morgan fingerprint density at radius 3 is 2.47 bits per heavy atom. The molecule has 1 amide bonds. The van der Waals surface area contributed by atoms with Crippen LogP contribution in [0, 0.1) is 0 Å². The number of rotatable bonds is 7. The Hall–Kier alpha value is -1.38. The van der Waals surface area contributed by atoms with Gasteiger partial charge >= 0.3 is 0 Å². The van der Waals surface area contributed by atoms with Gasteiger partial charge in [-0.3, -0.25) is 14.7 Å². The van der Waals surface area contributed by atoms with E-state index in [1.807, 2.05) is 4.90 Å². The molecule has 0 bridgehead atoms. The van der Waals surface area contributed by atoms with E-state index in [-0.39, 0.29) is 5.91 Å². The zero-order valence-electron chi connectivity index (χ0n) is 19.0. The molecule has 3 saturated heterocycles. The van der Waals surface area contributed by atoms with Crippen molar-refractivity contribution in [2.24, 2.45) is 4.99 Å². The molecule has 0 aromatic rings. The highest BCUT2D eigenvalue weighted by Crippen LogP contribution is 2.18. The second kappa shape index (κ2) is 12.5. The molecule has 3 rings (SSSR count). The number of ether oxygens (including phenoxy) is 2. The Bertz CT molecular complexity index is 537. The van der Waals surface area contributed by atoms with Gasteiger partial charge in [0.25, 0.3) is 0 Å². The van der Waals surface area contributed by atoms with E-state index in [1.165, 1.54) is 12.8 Å². The van der Waals surface area contributed by atoms with Crippen LogP contribution in [0.4, 0.5) is 0 Å². The second-order valence-electron chi connectivity index (χ2n) is 8.59. The molecule has 8 heteroatoms. The van der Waals surface area contributed by atoms with E-state index in [0.29, 0.717) is 12.2 Å². The quantitative estimate of drug-likeness (QED) is 0.490. The minimum atomic E-state index is 0.181. The predicted octanol–water partition coefficient (Wildman–Crippen LogP) is 1.17. The van der Waals surface area contributed by atoms with Crippen LogP contribution in [-0.2, 0) is 14.3 Å². The van der Waals surface area contributed by atoms with Crippen molar-refractivity contribution in [3.8, 4) is 0 Å². The summed E-state index contributed by atoms with van der Waals surface area (Å²) in [6.45, 7) is 13.5. The van der Waals surface area contributed by atoms with Crippen molar-refractivity contribution in [2.45, 2.75) is 58.2 Å². The topological polar surface area (TPSA) is 69.6 Å². The first-order chi connectivity index (χ1) is 14.7. The van der Waals surface area contributed by atoms with Crippen molar-refractivity contribution in [3.63, 3.8) is 0 Å². The Balaban J connectivity index is 1.36. The first-order valence-corrected chi connectivity index (χ1v) is 11.9. The molecule has 0 aliphatic carbocycles. The number of likely N-dealkylation sites (tertiary alicyclic amines) is 1. The lowest BCUT2D eigenvalue weighted by atomic mass is 10.1. The van der Waals surface area contributed by atoms with Gasteiger partial charge in [-0.25, -0.2) is 0 Å². The SMILES string of the molecule is CCNC(=NCCN1CCN(C(C)=O)CC1)N1CCC(OCC2CCCCO2)CC1. The molecule has 30 heavy (non-hydrogen) atoms. The van der Waals surface area contributed by atoms with Crippen molar-refractivity contribution < 1.29 is 14.3 Å². The van der Waals surface area contributed by atoms with Gasteiger partial charge in [0.15, 0.2) is 5.96 Å². The van der Waals surface area contributed by atoms with E-state index in [4.69, 9.17) is 14.5 Å². The summed E-state index contributed by atoms with van der Waals surface area (Å²) in [6, 6.07) is 0. The Kier molecular flexibility index (Phi) is 9.68. The van der Waals surface area contributed by atoms with Crippen LogP contribution in [0.5, 0.6) is 0 Å². The number of amides is 1. The molecule has 3 heterocycles. The summed E-state index contributed by atoms with van der Waals surface area (Å²) in [5.74, 6) is 1.20. The monoisotopic (exact) mass is 423 g/mol. The van der Waals surface area contributed by atoms with Crippen LogP contribution < -0.4 is 5.32 Å². The molecule has 0 radical (unpaired) electrons. The Morgan fingerprint density at radius 2 is 1.83 bits per heavy atom. The molecule has 0 saturated carbocycles. The summed E-state index contributed by atoms with van der Waals surface area (Å²) in [5.41, 5.74) is 0. The number of aliphatic imine (C=N–C) groups is 1. The molecule has 3 aliphatic rings. The lowest BCUT2D eigenvalue weighted by Gasteiger charge is -2.35. The lowest BCUT2D eigenvalue weighted by molar-refractivity contribution is -0.130. The molecule has 0 spiro atoms. The van der Waals surface area contributed by atoms with Gasteiger partial charge in [0.2, 0.25) is 5.91 Å². The van der Waals surface area contributed by atoms with Gasteiger partial charge in [-0.15, -0.1) is 0 Å². The third-order valence-corrected chi connectivity index (χ3v) is 6.36. The molecule has 3 fully saturated rings. The van der Waals surface area contributed by atoms with Gasteiger partial charge in [0.05, 0.1) is 25.4 Å². The van der Waals surface area contributed by atoms with Crippen LogP contribution in [-0.4, -0.2) is 111 Å². The van der Waals surface area contributed by atoms with Crippen molar-refractivity contribution in [1.82, 2.24) is 20.0 Å². The number of nitrogens with one attached hydrogen (secondary N) is 1. The fourth-order valence-corrected chi connectivity index (χ4v) is 4.43. The fourth-order valence-electron chi connectivity index (χ4n) is 4.43. The van der Waals surface area contributed by atoms with E-state index in [1.54, 1.807) is 6.92 Å². The van der Waals surface area contributed by atoms with Crippen LogP contribution in [0.1, 0.15) is 46.0 Å². The number of nitrogens with zero attached hydrogens (tertiary/aromatic N) is 4. The number of carbonyl (C=O) groups is 1. The van der Waals surface area contributed by atoms with E-state index in [9.17, 15) is 4.79 Å². The molecular weight excluding hydrogens is 382 g/mol. The average molecular weight is 424 g/mol. The molecule has 3 aliphatic heterocycles. The van der Waals surface area contributed by atoms with Crippen LogP contribution in [0.2, 0.25) is 0 Å². The van der Waals surface area contributed by atoms with Crippen LogP contribution in [0.3, 0.4) is 0 Å². The van der Waals surface area contributed by atoms with Crippen LogP contribution in [0.15, 0.2) is 4.99 Å². The number of carbonyl (C=O) groups excluding carboxylic acids is 1. The number of piperidine rings is 1. The third kappa shape index (κ3) is 7.39. The van der Waals surface area contributed by atoms with Crippen molar-refractivity contribution in [3.05, 3.63) is 0 Å². The highest BCUT2D eigenvalue weighted by molar-refractivity contribution is 5.80. The molecule has 1 unspecified atom stereocenters. The predicted molar refractivity (Wildman–Crippen MR) is 119 cm³/mol. The Morgan fingerprint density at radius 1 is 1.07 bits per heavy atom. The standard InChI is InChI=1S/C22H41N5O3/c1-3-23-22(24-9-12-25-13-15-26(16-14-25)19(2)28)27-10-7-20(8-11-27)30-18-21-6-4-5-17-29-21/h20-21H,3-18H2,1-2H3,(H,23,24). The molecule has 0 aromatic carbocycles. The first kappa shape index (κ1) is 23.3. The summed E-state index contributed by atoms with van der Waals surface area (Å²) in [4.78, 5) is 23.0. The van der Waals surface area contributed by atoms with E-state index < -0.39 is 0 Å². The number of hydrogen-bond acceptors (Lipinski definition) is 5. The van der Waals surface area contributed by atoms with Crippen molar-refractivity contribution in [2.75, 3.05) is 72.1 Å². The highest BCUT2D eigenvalue weighted by Gasteiger charge is 2.24. The second-order valence-corrected chi connectivity index (χ2v) is 8.59. The van der Waals surface area contributed by atoms with Gasteiger partial charge in [-0.1, -0.05) is 0 Å². The maximum Gasteiger partial charge on any atom is 0.219 e. The average Bonchev–Trinajstić information content (AvgIpc) is 2.78. The number of hydrogen-bond donors (Lipinski definition) is 1. The normalized spacial score (nSPS) is 24.9. The van der Waals surface area contributed by atoms with Crippen molar-refractivity contribution >= 4 is 11.9 Å². The summed E-state index contributed by atoms with van der Waals surface area (Å²) in [6.07, 6.45) is 6.33. The summed E-state index contributed by atoms with van der Waals surface area (Å²) in [5, 5.41) is 3.45. The van der Waals surface area contributed by atoms with E-state index in [2.05, 4.69) is 22.0 Å². The largest absolute Gasteiger partial charge is 0.376 e. The summed E-state index contributed by atoms with van der Waals surface area (Å²) in [7, 11) is 0. The first-order valence-electron chi connectivity index (χ1n) is 11.9. The third-order valence-electron chi connectivity index (χ3n) is 6.36. The molecule has 1 atom stereocenters. The van der Waals surface area contributed by atoms with Crippen LogP contribution >= 0.6 is 0 Å². The molecule has 0 aromatic heterocycles. The highest BCUT2D eigenvalue weighted by atomic mass is 16.5. The minimum Gasteiger partial charge on any atom is -0.376 e. The summed E-state index contributed by atoms with van der Waals surface area (Å²) >= 11 is 0. The zero-order chi connectivity index (χ0) is 21.2. The Labute approximate surface area is 181 Å². The summed E-state index contributed by atoms with van der Waals surface area (Å²) < 4.78 is 11.9. The van der Waals surface area contributed by atoms with Crippen LogP contribution in [0.25, 0.3) is 0 Å². The maximum atomic E-state index is 11.5. The van der Waals surface area contributed by atoms with Gasteiger partial charge in [0.1, 0.15) is 0 Å². The number of guanidine groups is 1.